The maximum Gasteiger partial charge on any atom is 0.306 e. The molecule has 470 valence electrons. The van der Waals surface area contributed by atoms with E-state index in [2.05, 4.69) is 93.7 Å². The van der Waals surface area contributed by atoms with Crippen LogP contribution in [0.4, 0.5) is 0 Å². The van der Waals surface area contributed by atoms with Gasteiger partial charge < -0.3 is 14.2 Å². The van der Waals surface area contributed by atoms with Gasteiger partial charge in [0.1, 0.15) is 13.2 Å². The SMILES string of the molecule is CC/C=C\C/C=C\C/C=C\C/C=C\CCCCCCC(=O)OCC(COC(=O)CCCCCCCCCCCCCCCCCCCCCCCCCCC)OC(=O)CCCCCCCCCCC/C=C\C/C=C\CCCCCCC. The Morgan fingerprint density at radius 2 is 0.481 bits per heavy atom. The molecule has 1 atom stereocenters. The van der Waals surface area contributed by atoms with Gasteiger partial charge in [-0.1, -0.05) is 331 Å². The molecule has 0 amide bonds. The largest absolute Gasteiger partial charge is 0.462 e. The molecule has 0 radical (unpaired) electrons. The number of carbonyl (C=O) groups excluding carboxylic acids is 3. The summed E-state index contributed by atoms with van der Waals surface area (Å²) in [5, 5.41) is 0. The number of rotatable bonds is 65. The molecule has 0 heterocycles. The fourth-order valence-electron chi connectivity index (χ4n) is 10.4. The van der Waals surface area contributed by atoms with Gasteiger partial charge in [-0.25, -0.2) is 0 Å². The Balaban J connectivity index is 4.33. The van der Waals surface area contributed by atoms with E-state index in [9.17, 15) is 14.4 Å². The Kier molecular flexibility index (Phi) is 66.6. The second-order valence-electron chi connectivity index (χ2n) is 23.8. The van der Waals surface area contributed by atoms with Crippen LogP contribution in [-0.2, 0) is 28.6 Å². The van der Waals surface area contributed by atoms with E-state index in [1.165, 1.54) is 225 Å². The van der Waals surface area contributed by atoms with Gasteiger partial charge in [-0.15, -0.1) is 0 Å². The van der Waals surface area contributed by atoms with E-state index in [4.69, 9.17) is 14.2 Å². The zero-order valence-corrected chi connectivity index (χ0v) is 54.1. The molecule has 81 heavy (non-hydrogen) atoms. The molecular formula is C75H134O6. The van der Waals surface area contributed by atoms with Crippen LogP contribution in [0.3, 0.4) is 0 Å². The van der Waals surface area contributed by atoms with Crippen molar-refractivity contribution in [2.75, 3.05) is 13.2 Å². The number of unbranched alkanes of at least 4 members (excludes halogenated alkanes) is 42. The summed E-state index contributed by atoms with van der Waals surface area (Å²) in [6.07, 6.45) is 90.7. The van der Waals surface area contributed by atoms with Gasteiger partial charge in [0, 0.05) is 19.3 Å². The third-order valence-electron chi connectivity index (χ3n) is 15.7. The van der Waals surface area contributed by atoms with Gasteiger partial charge in [0.2, 0.25) is 0 Å². The van der Waals surface area contributed by atoms with Gasteiger partial charge in [-0.3, -0.25) is 14.4 Å². The third kappa shape index (κ3) is 67.5. The molecule has 1 unspecified atom stereocenters. The van der Waals surface area contributed by atoms with Crippen LogP contribution >= 0.6 is 0 Å². The molecule has 0 bridgehead atoms. The Hall–Kier alpha value is -3.15. The third-order valence-corrected chi connectivity index (χ3v) is 15.7. The monoisotopic (exact) mass is 1130 g/mol. The molecule has 6 heteroatoms. The molecular weight excluding hydrogens is 997 g/mol. The van der Waals surface area contributed by atoms with Gasteiger partial charge in [-0.05, 0) is 89.9 Å². The Morgan fingerprint density at radius 3 is 0.753 bits per heavy atom. The van der Waals surface area contributed by atoms with Crippen molar-refractivity contribution in [1.29, 1.82) is 0 Å². The maximum atomic E-state index is 13.0. The second-order valence-corrected chi connectivity index (χ2v) is 23.8. The lowest BCUT2D eigenvalue weighted by Crippen LogP contribution is -2.30. The van der Waals surface area contributed by atoms with Crippen LogP contribution in [0.25, 0.3) is 0 Å². The highest BCUT2D eigenvalue weighted by Gasteiger charge is 2.19. The predicted octanol–water partition coefficient (Wildman–Crippen LogP) is 24.4. The number of carbonyl (C=O) groups is 3. The van der Waals surface area contributed by atoms with Crippen LogP contribution in [0, 0.1) is 0 Å². The summed E-state index contributed by atoms with van der Waals surface area (Å²) in [5.41, 5.74) is 0. The second kappa shape index (κ2) is 69.3. The van der Waals surface area contributed by atoms with Crippen LogP contribution < -0.4 is 0 Å². The van der Waals surface area contributed by atoms with Crippen LogP contribution in [0.2, 0.25) is 0 Å². The maximum absolute atomic E-state index is 13.0. The summed E-state index contributed by atoms with van der Waals surface area (Å²) in [5.74, 6) is -0.889. The van der Waals surface area contributed by atoms with Gasteiger partial charge in [0.05, 0.1) is 0 Å². The van der Waals surface area contributed by atoms with E-state index < -0.39 is 6.10 Å². The van der Waals surface area contributed by atoms with Gasteiger partial charge in [0.15, 0.2) is 6.10 Å². The molecule has 6 nitrogen and oxygen atoms in total. The van der Waals surface area contributed by atoms with Crippen molar-refractivity contribution in [1.82, 2.24) is 0 Å². The van der Waals surface area contributed by atoms with E-state index >= 15 is 0 Å². The number of esters is 3. The zero-order valence-electron chi connectivity index (χ0n) is 54.1. The Labute approximate surface area is 503 Å². The molecule has 0 aromatic heterocycles. The number of hydrogen-bond donors (Lipinski definition) is 0. The minimum Gasteiger partial charge on any atom is -0.462 e. The van der Waals surface area contributed by atoms with E-state index in [1.807, 2.05) is 0 Å². The first kappa shape index (κ1) is 77.9. The van der Waals surface area contributed by atoms with Gasteiger partial charge in [-0.2, -0.15) is 0 Å². The average molecular weight is 1130 g/mol. The number of ether oxygens (including phenoxy) is 3. The molecule has 0 saturated heterocycles. The van der Waals surface area contributed by atoms with Crippen LogP contribution in [0.1, 0.15) is 367 Å². The summed E-state index contributed by atoms with van der Waals surface area (Å²) in [6, 6.07) is 0. The molecule has 0 aliphatic heterocycles. The summed E-state index contributed by atoms with van der Waals surface area (Å²) in [7, 11) is 0. The van der Waals surface area contributed by atoms with Crippen molar-refractivity contribution in [3.05, 3.63) is 72.9 Å². The van der Waals surface area contributed by atoms with Crippen LogP contribution in [0.5, 0.6) is 0 Å². The molecule has 0 saturated carbocycles. The fraction of sp³-hybridized carbons (Fsp3) is 0.800. The van der Waals surface area contributed by atoms with Crippen molar-refractivity contribution in [2.24, 2.45) is 0 Å². The van der Waals surface area contributed by atoms with E-state index in [1.54, 1.807) is 0 Å². The standard InChI is InChI=1S/C75H134O6/c1-4-7-10-13-16-19-22-25-28-31-33-35-36-37-38-40-41-44-47-50-53-56-59-62-65-68-74(77)80-71-72(70-79-73(76)67-64-61-58-55-52-49-46-43-30-27-24-21-18-15-12-9-6-3)81-75(78)69-66-63-60-57-54-51-48-45-42-39-34-32-29-26-23-20-17-14-11-8-5-2/h9,12,18,21,23,26-27,30,32,34,46,49,72H,4-8,10-11,13-17,19-20,22,24-25,28-29,31,33,35-45,47-48,50-71H2,1-3H3/b12-9-,21-18-,26-23-,30-27-,34-32-,49-46-. The normalized spacial score (nSPS) is 12.5. The van der Waals surface area contributed by atoms with Crippen molar-refractivity contribution >= 4 is 17.9 Å². The van der Waals surface area contributed by atoms with Gasteiger partial charge >= 0.3 is 17.9 Å². The van der Waals surface area contributed by atoms with Crippen LogP contribution in [-0.4, -0.2) is 37.2 Å². The van der Waals surface area contributed by atoms with Crippen molar-refractivity contribution in [3.63, 3.8) is 0 Å². The summed E-state index contributed by atoms with van der Waals surface area (Å²) < 4.78 is 17.0. The van der Waals surface area contributed by atoms with E-state index in [0.717, 1.165) is 103 Å². The zero-order chi connectivity index (χ0) is 58.5. The number of hydrogen-bond acceptors (Lipinski definition) is 6. The molecule has 0 rings (SSSR count). The van der Waals surface area contributed by atoms with Crippen molar-refractivity contribution in [3.8, 4) is 0 Å². The highest BCUT2D eigenvalue weighted by molar-refractivity contribution is 5.71. The fourth-order valence-corrected chi connectivity index (χ4v) is 10.4. The minimum absolute atomic E-state index is 0.0818. The number of allylic oxidation sites excluding steroid dienone is 12. The highest BCUT2D eigenvalue weighted by Crippen LogP contribution is 2.18. The lowest BCUT2D eigenvalue weighted by molar-refractivity contribution is -0.167. The first-order chi connectivity index (χ1) is 40.0. The molecule has 0 spiro atoms. The molecule has 0 N–H and O–H groups in total. The molecule has 0 aromatic rings. The van der Waals surface area contributed by atoms with Crippen molar-refractivity contribution in [2.45, 2.75) is 374 Å². The van der Waals surface area contributed by atoms with Gasteiger partial charge in [0.25, 0.3) is 0 Å². The minimum atomic E-state index is -0.789. The summed E-state index contributed by atoms with van der Waals surface area (Å²) >= 11 is 0. The van der Waals surface area contributed by atoms with E-state index in [-0.39, 0.29) is 31.1 Å². The molecule has 0 aliphatic carbocycles. The lowest BCUT2D eigenvalue weighted by atomic mass is 10.0. The Morgan fingerprint density at radius 1 is 0.259 bits per heavy atom. The highest BCUT2D eigenvalue weighted by atomic mass is 16.6. The van der Waals surface area contributed by atoms with Crippen molar-refractivity contribution < 1.29 is 28.6 Å². The first-order valence-corrected chi connectivity index (χ1v) is 35.4. The summed E-state index contributed by atoms with van der Waals surface area (Å²) in [4.78, 5) is 38.5. The topological polar surface area (TPSA) is 78.9 Å². The molecule has 0 aliphatic rings. The smallest absolute Gasteiger partial charge is 0.306 e. The Bertz CT molecular complexity index is 1490. The average Bonchev–Trinajstić information content (AvgIpc) is 3.47. The lowest BCUT2D eigenvalue weighted by Gasteiger charge is -2.18. The molecule has 0 fully saturated rings. The summed E-state index contributed by atoms with van der Waals surface area (Å²) in [6.45, 7) is 6.55. The first-order valence-electron chi connectivity index (χ1n) is 35.4. The van der Waals surface area contributed by atoms with E-state index in [0.29, 0.717) is 19.3 Å². The van der Waals surface area contributed by atoms with Crippen LogP contribution in [0.15, 0.2) is 72.9 Å². The predicted molar refractivity (Wildman–Crippen MR) is 353 cm³/mol. The molecule has 0 aromatic carbocycles. The quantitative estimate of drug-likeness (QED) is 0.0261.